The Labute approximate surface area is 148 Å². The second kappa shape index (κ2) is 6.86. The van der Waals surface area contributed by atoms with Gasteiger partial charge in [0.05, 0.1) is 5.92 Å². The minimum Gasteiger partial charge on any atom is -0.356 e. The van der Waals surface area contributed by atoms with Gasteiger partial charge in [-0.15, -0.1) is 0 Å². The number of aromatic nitrogens is 3. The number of rotatable bonds is 3. The molecule has 2 aromatic rings. The van der Waals surface area contributed by atoms with Crippen LogP contribution < -0.4 is 4.90 Å². The average Bonchev–Trinajstić information content (AvgIpc) is 3.32. The van der Waals surface area contributed by atoms with Crippen LogP contribution in [0.4, 0.5) is 5.82 Å². The van der Waals surface area contributed by atoms with Crippen LogP contribution >= 0.6 is 0 Å². The summed E-state index contributed by atoms with van der Waals surface area (Å²) < 4.78 is 0. The molecule has 4 rings (SSSR count). The molecule has 6 nitrogen and oxygen atoms in total. The lowest BCUT2D eigenvalue weighted by Crippen LogP contribution is -2.43. The Morgan fingerprint density at radius 1 is 1.16 bits per heavy atom. The van der Waals surface area contributed by atoms with Gasteiger partial charge >= 0.3 is 0 Å². The number of hydrogen-bond acceptors (Lipinski definition) is 4. The maximum atomic E-state index is 13.0. The highest BCUT2D eigenvalue weighted by Crippen LogP contribution is 2.31. The quantitative estimate of drug-likeness (QED) is 0.932. The van der Waals surface area contributed by atoms with Crippen molar-refractivity contribution < 1.29 is 4.79 Å². The van der Waals surface area contributed by atoms with Crippen molar-refractivity contribution in [1.29, 1.82) is 0 Å². The second-order valence-electron chi connectivity index (χ2n) is 7.25. The number of aromatic amines is 1. The predicted molar refractivity (Wildman–Crippen MR) is 96.2 cm³/mol. The van der Waals surface area contributed by atoms with Crippen LogP contribution in [0.2, 0.25) is 0 Å². The molecular formula is C19H25N5O. The molecule has 2 fully saturated rings. The van der Waals surface area contributed by atoms with Gasteiger partial charge in [0.1, 0.15) is 11.6 Å². The lowest BCUT2D eigenvalue weighted by Gasteiger charge is -2.33. The molecule has 132 valence electrons. The van der Waals surface area contributed by atoms with Crippen molar-refractivity contribution in [3.05, 3.63) is 42.6 Å². The molecular weight excluding hydrogens is 314 g/mol. The number of likely N-dealkylation sites (tertiary alicyclic amines) is 1. The number of pyridine rings is 1. The first kappa shape index (κ1) is 16.1. The van der Waals surface area contributed by atoms with E-state index in [0.29, 0.717) is 17.7 Å². The third-order valence-corrected chi connectivity index (χ3v) is 5.62. The van der Waals surface area contributed by atoms with Gasteiger partial charge in [0.2, 0.25) is 5.91 Å². The van der Waals surface area contributed by atoms with Crippen LogP contribution in [0.25, 0.3) is 0 Å². The van der Waals surface area contributed by atoms with Gasteiger partial charge in [0.25, 0.3) is 0 Å². The summed E-state index contributed by atoms with van der Waals surface area (Å²) in [6.45, 7) is 5.51. The van der Waals surface area contributed by atoms with Crippen LogP contribution in [0.3, 0.4) is 0 Å². The number of carbonyl (C=O) groups excluding carboxylic acids is 1. The molecule has 2 aliphatic heterocycles. The van der Waals surface area contributed by atoms with Gasteiger partial charge in [-0.25, -0.2) is 9.97 Å². The minimum absolute atomic E-state index is 0.0715. The lowest BCUT2D eigenvalue weighted by atomic mass is 9.92. The number of piperidine rings is 1. The molecule has 0 spiro atoms. The zero-order valence-electron chi connectivity index (χ0n) is 14.6. The van der Waals surface area contributed by atoms with Gasteiger partial charge in [0.15, 0.2) is 0 Å². The summed E-state index contributed by atoms with van der Waals surface area (Å²) >= 11 is 0. The Bertz CT molecular complexity index is 694. The highest BCUT2D eigenvalue weighted by molar-refractivity contribution is 5.80. The number of imidazole rings is 1. The summed E-state index contributed by atoms with van der Waals surface area (Å²) in [5.74, 6) is 3.22. The van der Waals surface area contributed by atoms with E-state index < -0.39 is 0 Å². The topological polar surface area (TPSA) is 65.1 Å². The number of amides is 1. The van der Waals surface area contributed by atoms with Gasteiger partial charge in [-0.3, -0.25) is 4.79 Å². The standard InChI is InChI=1S/C19H25N5O/c1-14-12-24(17-4-2-3-7-20-17)13-16(14)19(25)23-10-5-15(6-11-23)18-21-8-9-22-18/h2-4,7-9,14-16H,5-6,10-13H2,1H3,(H,21,22)/t14-,16-/m1/s1. The Kier molecular flexibility index (Phi) is 4.42. The first-order chi connectivity index (χ1) is 12.2. The normalized spacial score (nSPS) is 24.7. The Morgan fingerprint density at radius 2 is 2.00 bits per heavy atom. The fraction of sp³-hybridized carbons (Fsp3) is 0.526. The summed E-state index contributed by atoms with van der Waals surface area (Å²) in [5.41, 5.74) is 0. The Balaban J connectivity index is 1.37. The van der Waals surface area contributed by atoms with E-state index in [9.17, 15) is 4.79 Å². The van der Waals surface area contributed by atoms with Crippen molar-refractivity contribution in [2.45, 2.75) is 25.7 Å². The van der Waals surface area contributed by atoms with E-state index in [0.717, 1.165) is 50.7 Å². The molecule has 2 saturated heterocycles. The van der Waals surface area contributed by atoms with Gasteiger partial charge in [-0.05, 0) is 30.9 Å². The first-order valence-electron chi connectivity index (χ1n) is 9.16. The number of anilines is 1. The average molecular weight is 339 g/mol. The van der Waals surface area contributed by atoms with Crippen molar-refractivity contribution >= 4 is 11.7 Å². The Hall–Kier alpha value is -2.37. The van der Waals surface area contributed by atoms with Gasteiger partial charge in [-0.1, -0.05) is 13.0 Å². The van der Waals surface area contributed by atoms with Crippen molar-refractivity contribution in [3.63, 3.8) is 0 Å². The third kappa shape index (κ3) is 3.25. The van der Waals surface area contributed by atoms with E-state index in [1.54, 1.807) is 6.20 Å². The molecule has 0 bridgehead atoms. The highest BCUT2D eigenvalue weighted by Gasteiger charge is 2.38. The molecule has 2 aliphatic rings. The molecule has 1 N–H and O–H groups in total. The molecule has 25 heavy (non-hydrogen) atoms. The van der Waals surface area contributed by atoms with Crippen LogP contribution in [0.5, 0.6) is 0 Å². The fourth-order valence-electron chi connectivity index (χ4n) is 4.12. The van der Waals surface area contributed by atoms with Crippen LogP contribution in [-0.2, 0) is 4.79 Å². The number of H-pyrrole nitrogens is 1. The highest BCUT2D eigenvalue weighted by atomic mass is 16.2. The van der Waals surface area contributed by atoms with E-state index in [-0.39, 0.29) is 5.92 Å². The SMILES string of the molecule is C[C@@H]1CN(c2ccccn2)C[C@H]1C(=O)N1CCC(c2ncc[nH]2)CC1. The molecule has 0 unspecified atom stereocenters. The summed E-state index contributed by atoms with van der Waals surface area (Å²) in [6, 6.07) is 5.95. The van der Waals surface area contributed by atoms with Crippen molar-refractivity contribution in [3.8, 4) is 0 Å². The summed E-state index contributed by atoms with van der Waals surface area (Å²) in [4.78, 5) is 29.3. The third-order valence-electron chi connectivity index (χ3n) is 5.62. The van der Waals surface area contributed by atoms with E-state index in [4.69, 9.17) is 0 Å². The maximum absolute atomic E-state index is 13.0. The molecule has 6 heteroatoms. The van der Waals surface area contributed by atoms with Crippen molar-refractivity contribution in [2.24, 2.45) is 11.8 Å². The second-order valence-corrected chi connectivity index (χ2v) is 7.25. The molecule has 0 saturated carbocycles. The molecule has 2 aromatic heterocycles. The number of nitrogens with zero attached hydrogens (tertiary/aromatic N) is 4. The van der Waals surface area contributed by atoms with E-state index in [1.165, 1.54) is 0 Å². The van der Waals surface area contributed by atoms with Crippen molar-refractivity contribution in [2.75, 3.05) is 31.1 Å². The van der Waals surface area contributed by atoms with Crippen molar-refractivity contribution in [1.82, 2.24) is 19.9 Å². The van der Waals surface area contributed by atoms with E-state index >= 15 is 0 Å². The molecule has 0 radical (unpaired) electrons. The van der Waals surface area contributed by atoms with E-state index in [1.807, 2.05) is 30.6 Å². The number of hydrogen-bond donors (Lipinski definition) is 1. The first-order valence-corrected chi connectivity index (χ1v) is 9.16. The van der Waals surface area contributed by atoms with Crippen LogP contribution in [0, 0.1) is 11.8 Å². The van der Waals surface area contributed by atoms with Crippen LogP contribution in [0.15, 0.2) is 36.8 Å². The zero-order chi connectivity index (χ0) is 17.2. The molecule has 2 atom stereocenters. The molecule has 1 amide bonds. The zero-order valence-corrected chi connectivity index (χ0v) is 14.6. The fourth-order valence-corrected chi connectivity index (χ4v) is 4.12. The largest absolute Gasteiger partial charge is 0.356 e. The van der Waals surface area contributed by atoms with Gasteiger partial charge in [0, 0.05) is 50.7 Å². The van der Waals surface area contributed by atoms with Gasteiger partial charge in [-0.2, -0.15) is 0 Å². The summed E-state index contributed by atoms with van der Waals surface area (Å²) in [6.07, 6.45) is 7.47. The van der Waals surface area contributed by atoms with Crippen LogP contribution in [-0.4, -0.2) is 51.9 Å². The smallest absolute Gasteiger partial charge is 0.227 e. The maximum Gasteiger partial charge on any atom is 0.227 e. The minimum atomic E-state index is 0.0715. The lowest BCUT2D eigenvalue weighted by molar-refractivity contribution is -0.137. The molecule has 4 heterocycles. The summed E-state index contributed by atoms with van der Waals surface area (Å²) in [5, 5.41) is 0. The predicted octanol–water partition coefficient (Wildman–Crippen LogP) is 2.28. The van der Waals surface area contributed by atoms with Gasteiger partial charge < -0.3 is 14.8 Å². The molecule has 0 aromatic carbocycles. The number of nitrogens with one attached hydrogen (secondary N) is 1. The number of carbonyl (C=O) groups is 1. The Morgan fingerprint density at radius 3 is 2.68 bits per heavy atom. The monoisotopic (exact) mass is 339 g/mol. The van der Waals surface area contributed by atoms with E-state index in [2.05, 4.69) is 31.7 Å². The summed E-state index contributed by atoms with van der Waals surface area (Å²) in [7, 11) is 0. The molecule has 0 aliphatic carbocycles. The van der Waals surface area contributed by atoms with Crippen LogP contribution in [0.1, 0.15) is 31.5 Å².